The fourth-order valence-corrected chi connectivity index (χ4v) is 5.54. The van der Waals surface area contributed by atoms with Gasteiger partial charge in [-0.15, -0.1) is 0 Å². The molecule has 316 valence electrons. The third-order valence-corrected chi connectivity index (χ3v) is 8.84. The van der Waals surface area contributed by atoms with E-state index in [1.807, 2.05) is 6.08 Å². The van der Waals surface area contributed by atoms with Gasteiger partial charge < -0.3 is 14.2 Å². The van der Waals surface area contributed by atoms with Crippen molar-refractivity contribution < 1.29 is 28.6 Å². The van der Waals surface area contributed by atoms with E-state index in [9.17, 15) is 14.4 Å². The van der Waals surface area contributed by atoms with Gasteiger partial charge in [-0.3, -0.25) is 14.4 Å². The molecule has 0 spiro atoms. The van der Waals surface area contributed by atoms with Crippen LogP contribution in [0.15, 0.2) is 97.2 Å². The lowest BCUT2D eigenvalue weighted by atomic mass is 10.1. The summed E-state index contributed by atoms with van der Waals surface area (Å²) in [7, 11) is 0. The Hall–Kier alpha value is -3.67. The number of ether oxygens (including phenoxy) is 3. The lowest BCUT2D eigenvalue weighted by molar-refractivity contribution is -0.166. The van der Waals surface area contributed by atoms with Crippen LogP contribution in [0.25, 0.3) is 0 Å². The van der Waals surface area contributed by atoms with Gasteiger partial charge in [-0.05, 0) is 96.3 Å². The third kappa shape index (κ3) is 41.5. The van der Waals surface area contributed by atoms with E-state index in [2.05, 4.69) is 106 Å². The molecule has 0 aliphatic rings. The molecule has 0 bridgehead atoms. The van der Waals surface area contributed by atoms with Gasteiger partial charge >= 0.3 is 17.9 Å². The van der Waals surface area contributed by atoms with Gasteiger partial charge in [0, 0.05) is 12.8 Å². The molecule has 0 aromatic rings. The molecule has 0 saturated heterocycles. The Morgan fingerprint density at radius 3 is 1.27 bits per heavy atom. The normalized spacial score (nSPS) is 13.0. The van der Waals surface area contributed by atoms with Crippen LogP contribution in [0.2, 0.25) is 0 Å². The van der Waals surface area contributed by atoms with Crippen LogP contribution >= 0.6 is 0 Å². The van der Waals surface area contributed by atoms with E-state index in [1.54, 1.807) is 6.08 Å². The average Bonchev–Trinajstić information content (AvgIpc) is 3.19. The second-order valence-corrected chi connectivity index (χ2v) is 14.2. The zero-order valence-corrected chi connectivity index (χ0v) is 35.9. The summed E-state index contributed by atoms with van der Waals surface area (Å²) in [5.41, 5.74) is 0. The summed E-state index contributed by atoms with van der Waals surface area (Å²) < 4.78 is 16.5. The fraction of sp³-hybridized carbons (Fsp3) is 0.620. The van der Waals surface area contributed by atoms with Crippen LogP contribution in [0, 0.1) is 0 Å². The minimum absolute atomic E-state index is 0.123. The first-order valence-corrected chi connectivity index (χ1v) is 22.2. The Labute approximate surface area is 343 Å². The Bertz CT molecular complexity index is 1170. The number of unbranched alkanes of at least 4 members (excludes halogenated alkanes) is 12. The maximum absolute atomic E-state index is 12.7. The highest BCUT2D eigenvalue weighted by Crippen LogP contribution is 2.11. The largest absolute Gasteiger partial charge is 0.462 e. The standard InChI is InChI=1S/C50H80O6/c1-4-7-10-13-16-19-21-23-24-25-27-28-31-34-37-40-43-49(52)55-46-47(45-54-48(51)42-39-36-33-30-18-15-12-9-6-3)56-50(53)44-41-38-35-32-29-26-22-20-17-14-11-8-5-2/h7,9-10,12,16,18-19,23-24,26-30,36,39,47H,4-6,8,11,13-15,17,20-22,25,31-35,37-38,40-46H2,1-3H3/b10-7-,12-9-,19-16-,24-23-,28-27-,29-26-,30-18-,39-36-. The zero-order chi connectivity index (χ0) is 40.8. The Morgan fingerprint density at radius 2 is 0.768 bits per heavy atom. The monoisotopic (exact) mass is 777 g/mol. The molecule has 1 unspecified atom stereocenters. The average molecular weight is 777 g/mol. The van der Waals surface area contributed by atoms with Crippen LogP contribution in [0.5, 0.6) is 0 Å². The predicted molar refractivity (Wildman–Crippen MR) is 237 cm³/mol. The van der Waals surface area contributed by atoms with Crippen molar-refractivity contribution >= 4 is 17.9 Å². The molecule has 0 rings (SSSR count). The molecule has 0 aliphatic carbocycles. The summed E-state index contributed by atoms with van der Waals surface area (Å²) in [6, 6.07) is 0. The molecule has 56 heavy (non-hydrogen) atoms. The van der Waals surface area contributed by atoms with Crippen molar-refractivity contribution in [3.8, 4) is 0 Å². The van der Waals surface area contributed by atoms with E-state index >= 15 is 0 Å². The Balaban J connectivity index is 4.52. The molecule has 0 heterocycles. The smallest absolute Gasteiger partial charge is 0.309 e. The van der Waals surface area contributed by atoms with E-state index in [-0.39, 0.29) is 38.0 Å². The van der Waals surface area contributed by atoms with Gasteiger partial charge in [-0.25, -0.2) is 0 Å². The Kier molecular flexibility index (Phi) is 41.2. The summed E-state index contributed by atoms with van der Waals surface area (Å²) in [5, 5.41) is 0. The lowest BCUT2D eigenvalue weighted by Crippen LogP contribution is -2.30. The second-order valence-electron chi connectivity index (χ2n) is 14.2. The molecule has 0 fully saturated rings. The van der Waals surface area contributed by atoms with Crippen LogP contribution in [0.4, 0.5) is 0 Å². The highest BCUT2D eigenvalue weighted by atomic mass is 16.6. The van der Waals surface area contributed by atoms with Gasteiger partial charge in [0.1, 0.15) is 13.2 Å². The maximum atomic E-state index is 12.7. The molecule has 0 radical (unpaired) electrons. The van der Waals surface area contributed by atoms with Gasteiger partial charge in [0.2, 0.25) is 0 Å². The topological polar surface area (TPSA) is 78.9 Å². The van der Waals surface area contributed by atoms with Crippen molar-refractivity contribution in [3.05, 3.63) is 97.2 Å². The first kappa shape index (κ1) is 52.3. The van der Waals surface area contributed by atoms with Crippen molar-refractivity contribution in [3.63, 3.8) is 0 Å². The third-order valence-electron chi connectivity index (χ3n) is 8.84. The predicted octanol–water partition coefficient (Wildman–Crippen LogP) is 14.2. The Morgan fingerprint density at radius 1 is 0.393 bits per heavy atom. The number of hydrogen-bond acceptors (Lipinski definition) is 6. The first-order valence-electron chi connectivity index (χ1n) is 22.2. The minimum atomic E-state index is -0.832. The fourth-order valence-electron chi connectivity index (χ4n) is 5.54. The number of hydrogen-bond donors (Lipinski definition) is 0. The second kappa shape index (κ2) is 44.0. The number of esters is 3. The maximum Gasteiger partial charge on any atom is 0.309 e. The van der Waals surface area contributed by atoms with Gasteiger partial charge in [0.15, 0.2) is 6.10 Å². The number of carbonyl (C=O) groups excluding carboxylic acids is 3. The SMILES string of the molecule is CC/C=C\C/C=C\C/C=C\C/C=C\CCCCCC(=O)OCC(COC(=O)C/C=C\C/C=C\C/C=C\CC)OC(=O)CCCCC/C=C\CCCCCCCC. The molecule has 1 atom stereocenters. The van der Waals surface area contributed by atoms with Gasteiger partial charge in [0.05, 0.1) is 6.42 Å². The molecular weight excluding hydrogens is 697 g/mol. The van der Waals surface area contributed by atoms with E-state index in [1.165, 1.54) is 38.5 Å². The highest BCUT2D eigenvalue weighted by Gasteiger charge is 2.19. The summed E-state index contributed by atoms with van der Waals surface area (Å²) in [6.45, 7) is 6.22. The van der Waals surface area contributed by atoms with Gasteiger partial charge in [-0.2, -0.15) is 0 Å². The molecule has 6 nitrogen and oxygen atoms in total. The van der Waals surface area contributed by atoms with Gasteiger partial charge in [-0.1, -0.05) is 163 Å². The zero-order valence-electron chi connectivity index (χ0n) is 35.9. The molecule has 0 amide bonds. The van der Waals surface area contributed by atoms with Crippen LogP contribution in [0.1, 0.15) is 181 Å². The van der Waals surface area contributed by atoms with Crippen LogP contribution in [0.3, 0.4) is 0 Å². The summed E-state index contributed by atoms with van der Waals surface area (Å²) in [4.78, 5) is 37.6. The molecule has 0 aromatic heterocycles. The van der Waals surface area contributed by atoms with E-state index in [0.717, 1.165) is 103 Å². The number of allylic oxidation sites excluding steroid dienone is 15. The van der Waals surface area contributed by atoms with Crippen molar-refractivity contribution in [2.24, 2.45) is 0 Å². The molecule has 0 aliphatic heterocycles. The molecular formula is C50H80O6. The molecule has 0 aromatic carbocycles. The quantitative estimate of drug-likeness (QED) is 0.0269. The highest BCUT2D eigenvalue weighted by molar-refractivity contribution is 5.72. The molecule has 0 N–H and O–H groups in total. The van der Waals surface area contributed by atoms with Crippen molar-refractivity contribution in [1.82, 2.24) is 0 Å². The number of rotatable bonds is 38. The minimum Gasteiger partial charge on any atom is -0.462 e. The lowest BCUT2D eigenvalue weighted by Gasteiger charge is -2.18. The summed E-state index contributed by atoms with van der Waals surface area (Å²) in [5.74, 6) is -1.11. The van der Waals surface area contributed by atoms with E-state index in [0.29, 0.717) is 6.42 Å². The first-order chi connectivity index (χ1) is 27.5. The van der Waals surface area contributed by atoms with Crippen LogP contribution in [-0.4, -0.2) is 37.2 Å². The van der Waals surface area contributed by atoms with E-state index < -0.39 is 12.1 Å². The van der Waals surface area contributed by atoms with Crippen molar-refractivity contribution in [1.29, 1.82) is 0 Å². The summed E-state index contributed by atoms with van der Waals surface area (Å²) >= 11 is 0. The van der Waals surface area contributed by atoms with Gasteiger partial charge in [0.25, 0.3) is 0 Å². The summed E-state index contributed by atoms with van der Waals surface area (Å²) in [6.07, 6.45) is 57.1. The molecule has 6 heteroatoms. The van der Waals surface area contributed by atoms with Crippen molar-refractivity contribution in [2.45, 2.75) is 187 Å². The van der Waals surface area contributed by atoms with Crippen LogP contribution in [-0.2, 0) is 28.6 Å². The van der Waals surface area contributed by atoms with E-state index in [4.69, 9.17) is 14.2 Å². The van der Waals surface area contributed by atoms with Crippen molar-refractivity contribution in [2.75, 3.05) is 13.2 Å². The molecule has 0 saturated carbocycles. The van der Waals surface area contributed by atoms with Crippen LogP contribution < -0.4 is 0 Å². The number of carbonyl (C=O) groups is 3.